The number of nitrogen functional groups attached to an aromatic ring is 1. The molecule has 0 unspecified atom stereocenters. The van der Waals surface area contributed by atoms with Crippen molar-refractivity contribution in [3.05, 3.63) is 26.4 Å². The second kappa shape index (κ2) is 7.12. The summed E-state index contributed by atoms with van der Waals surface area (Å²) in [4.78, 5) is 40.8. The number of Topliss-reactive ketones (excluding diaryl/α,β-unsaturated/α-hetero) is 1. The molecule has 1 saturated heterocycles. The van der Waals surface area contributed by atoms with Crippen molar-refractivity contribution in [1.82, 2.24) is 14.5 Å². The highest BCUT2D eigenvalue weighted by Crippen LogP contribution is 2.16. The molecule has 0 spiro atoms. The molecule has 2 rings (SSSR count). The Morgan fingerprint density at radius 2 is 2.09 bits per heavy atom. The molecule has 1 aliphatic heterocycles. The van der Waals surface area contributed by atoms with E-state index < -0.39 is 11.2 Å². The van der Waals surface area contributed by atoms with E-state index in [1.54, 1.807) is 0 Å². The summed E-state index contributed by atoms with van der Waals surface area (Å²) in [7, 11) is 0. The Balaban J connectivity index is 2.29. The highest BCUT2D eigenvalue weighted by Gasteiger charge is 2.24. The fourth-order valence-electron chi connectivity index (χ4n) is 3.12. The van der Waals surface area contributed by atoms with Crippen LogP contribution in [0.15, 0.2) is 9.59 Å². The third kappa shape index (κ3) is 4.10. The first-order valence-corrected chi connectivity index (χ1v) is 8.17. The Morgan fingerprint density at radius 3 is 2.70 bits per heavy atom. The van der Waals surface area contributed by atoms with Crippen LogP contribution in [0.3, 0.4) is 0 Å². The smallest absolute Gasteiger partial charge is 0.329 e. The first-order chi connectivity index (χ1) is 10.8. The first kappa shape index (κ1) is 17.5. The van der Waals surface area contributed by atoms with Gasteiger partial charge in [0, 0.05) is 13.1 Å². The van der Waals surface area contributed by atoms with Gasteiger partial charge in [0.25, 0.3) is 5.56 Å². The lowest BCUT2D eigenvalue weighted by molar-refractivity contribution is 0.0891. The minimum absolute atomic E-state index is 0.0255. The topological polar surface area (TPSA) is 101 Å². The van der Waals surface area contributed by atoms with E-state index in [4.69, 9.17) is 5.73 Å². The summed E-state index contributed by atoms with van der Waals surface area (Å²) in [6, 6.07) is 0. The van der Waals surface area contributed by atoms with E-state index in [1.807, 2.05) is 18.7 Å². The van der Waals surface area contributed by atoms with Crippen LogP contribution in [0.4, 0.5) is 5.82 Å². The zero-order chi connectivity index (χ0) is 17.1. The van der Waals surface area contributed by atoms with Crippen molar-refractivity contribution < 1.29 is 4.79 Å². The van der Waals surface area contributed by atoms with Gasteiger partial charge in [-0.1, -0.05) is 20.8 Å². The number of anilines is 1. The molecular formula is C16H26N4O3. The maximum atomic E-state index is 12.6. The highest BCUT2D eigenvalue weighted by atomic mass is 16.2. The summed E-state index contributed by atoms with van der Waals surface area (Å²) in [5.41, 5.74) is 4.62. The number of ketones is 1. The third-order valence-corrected chi connectivity index (χ3v) is 4.17. The average molecular weight is 322 g/mol. The van der Waals surface area contributed by atoms with E-state index in [-0.39, 0.29) is 29.6 Å². The number of rotatable bonds is 5. The number of carbonyl (C=O) groups is 1. The number of H-pyrrole nitrogens is 1. The van der Waals surface area contributed by atoms with Crippen molar-refractivity contribution in [2.24, 2.45) is 11.8 Å². The summed E-state index contributed by atoms with van der Waals surface area (Å²) < 4.78 is 1.28. The van der Waals surface area contributed by atoms with Crippen molar-refractivity contribution in [3.63, 3.8) is 0 Å². The van der Waals surface area contributed by atoms with Gasteiger partial charge in [-0.05, 0) is 31.2 Å². The number of nitrogens with one attached hydrogen (secondary N) is 1. The molecule has 0 aliphatic carbocycles. The highest BCUT2D eigenvalue weighted by molar-refractivity contribution is 6.01. The van der Waals surface area contributed by atoms with Gasteiger partial charge >= 0.3 is 5.69 Å². The van der Waals surface area contributed by atoms with Gasteiger partial charge in [0.1, 0.15) is 11.4 Å². The molecule has 23 heavy (non-hydrogen) atoms. The van der Waals surface area contributed by atoms with Crippen LogP contribution in [0.2, 0.25) is 0 Å². The van der Waals surface area contributed by atoms with E-state index in [2.05, 4.69) is 11.9 Å². The Labute approximate surface area is 135 Å². The van der Waals surface area contributed by atoms with Crippen LogP contribution in [0.1, 0.15) is 44.0 Å². The summed E-state index contributed by atoms with van der Waals surface area (Å²) >= 11 is 0. The average Bonchev–Trinajstić information content (AvgIpc) is 2.43. The van der Waals surface area contributed by atoms with Gasteiger partial charge in [0.15, 0.2) is 5.78 Å². The largest absolute Gasteiger partial charge is 0.384 e. The monoisotopic (exact) mass is 322 g/mol. The molecule has 0 amide bonds. The SMILES string of the molecule is CC(C)Cn1c(N)c(C(=O)CN2CCC[C@H](C)C2)c(=O)[nH]c1=O. The van der Waals surface area contributed by atoms with E-state index in [0.29, 0.717) is 12.5 Å². The molecule has 2 heterocycles. The zero-order valence-electron chi connectivity index (χ0n) is 14.1. The van der Waals surface area contributed by atoms with Crippen LogP contribution in [0, 0.1) is 11.8 Å². The Morgan fingerprint density at radius 1 is 1.39 bits per heavy atom. The fourth-order valence-corrected chi connectivity index (χ4v) is 3.12. The second-order valence-electron chi connectivity index (χ2n) is 6.93. The number of likely N-dealkylation sites (tertiary alicyclic amines) is 1. The number of nitrogens with zero attached hydrogens (tertiary/aromatic N) is 2. The number of aromatic nitrogens is 2. The third-order valence-electron chi connectivity index (χ3n) is 4.17. The number of piperidine rings is 1. The van der Waals surface area contributed by atoms with Gasteiger partial charge in [-0.25, -0.2) is 4.79 Å². The van der Waals surface area contributed by atoms with Crippen molar-refractivity contribution in [2.75, 3.05) is 25.4 Å². The summed E-state index contributed by atoms with van der Waals surface area (Å²) in [5, 5.41) is 0. The van der Waals surface area contributed by atoms with Crippen LogP contribution in [-0.2, 0) is 6.54 Å². The number of hydrogen-bond acceptors (Lipinski definition) is 5. The van der Waals surface area contributed by atoms with Gasteiger partial charge in [-0.2, -0.15) is 0 Å². The Kier molecular flexibility index (Phi) is 5.41. The minimum Gasteiger partial charge on any atom is -0.384 e. The van der Waals surface area contributed by atoms with Crippen molar-refractivity contribution in [2.45, 2.75) is 40.2 Å². The Hall–Kier alpha value is -1.89. The molecule has 3 N–H and O–H groups in total. The molecule has 0 radical (unpaired) electrons. The van der Waals surface area contributed by atoms with E-state index in [0.717, 1.165) is 25.9 Å². The fraction of sp³-hybridized carbons (Fsp3) is 0.688. The number of carbonyl (C=O) groups excluding carboxylic acids is 1. The lowest BCUT2D eigenvalue weighted by atomic mass is 10.00. The molecule has 0 saturated carbocycles. The van der Waals surface area contributed by atoms with Crippen molar-refractivity contribution in [3.8, 4) is 0 Å². The van der Waals surface area contributed by atoms with Gasteiger partial charge < -0.3 is 5.73 Å². The number of nitrogens with two attached hydrogens (primary N) is 1. The van der Waals surface area contributed by atoms with Crippen LogP contribution in [-0.4, -0.2) is 39.9 Å². The maximum absolute atomic E-state index is 12.6. The van der Waals surface area contributed by atoms with Gasteiger partial charge in [-0.3, -0.25) is 24.0 Å². The molecule has 0 bridgehead atoms. The molecule has 7 heteroatoms. The van der Waals surface area contributed by atoms with Crippen LogP contribution >= 0.6 is 0 Å². The maximum Gasteiger partial charge on any atom is 0.329 e. The standard InChI is InChI=1S/C16H26N4O3/c1-10(2)7-20-14(17)13(15(22)18-16(20)23)12(21)9-19-6-4-5-11(3)8-19/h10-11H,4-9,17H2,1-3H3,(H,18,22,23)/t11-/m0/s1. The summed E-state index contributed by atoms with van der Waals surface area (Å²) in [6.07, 6.45) is 2.21. The summed E-state index contributed by atoms with van der Waals surface area (Å²) in [6.45, 7) is 8.25. The first-order valence-electron chi connectivity index (χ1n) is 8.17. The van der Waals surface area contributed by atoms with E-state index >= 15 is 0 Å². The van der Waals surface area contributed by atoms with Crippen LogP contribution in [0.25, 0.3) is 0 Å². The molecule has 0 aromatic carbocycles. The van der Waals surface area contributed by atoms with Gasteiger partial charge in [-0.15, -0.1) is 0 Å². The lowest BCUT2D eigenvalue weighted by Gasteiger charge is -2.30. The van der Waals surface area contributed by atoms with Crippen LogP contribution < -0.4 is 17.0 Å². The number of hydrogen-bond donors (Lipinski definition) is 2. The van der Waals surface area contributed by atoms with E-state index in [1.165, 1.54) is 4.57 Å². The molecule has 128 valence electrons. The predicted octanol–water partition coefficient (Wildman–Crippen LogP) is 0.689. The second-order valence-corrected chi connectivity index (χ2v) is 6.93. The lowest BCUT2D eigenvalue weighted by Crippen LogP contribution is -2.42. The zero-order valence-corrected chi connectivity index (χ0v) is 14.1. The van der Waals surface area contributed by atoms with Crippen molar-refractivity contribution >= 4 is 11.6 Å². The minimum atomic E-state index is -0.692. The molecule has 1 atom stereocenters. The Bertz CT molecular complexity index is 690. The molecule has 7 nitrogen and oxygen atoms in total. The molecule has 1 fully saturated rings. The van der Waals surface area contributed by atoms with E-state index in [9.17, 15) is 14.4 Å². The number of aromatic amines is 1. The van der Waals surface area contributed by atoms with Crippen LogP contribution in [0.5, 0.6) is 0 Å². The summed E-state index contributed by atoms with van der Waals surface area (Å²) in [5.74, 6) is 0.367. The quantitative estimate of drug-likeness (QED) is 0.777. The normalized spacial score (nSPS) is 19.2. The molecular weight excluding hydrogens is 296 g/mol. The van der Waals surface area contributed by atoms with Gasteiger partial charge in [0.2, 0.25) is 0 Å². The van der Waals surface area contributed by atoms with Gasteiger partial charge in [0.05, 0.1) is 6.54 Å². The molecule has 1 aromatic rings. The predicted molar refractivity (Wildman–Crippen MR) is 89.7 cm³/mol. The molecule has 1 aliphatic rings. The molecule has 1 aromatic heterocycles. The van der Waals surface area contributed by atoms with Crippen molar-refractivity contribution in [1.29, 1.82) is 0 Å².